The van der Waals surface area contributed by atoms with Crippen molar-refractivity contribution in [1.29, 1.82) is 0 Å². The lowest BCUT2D eigenvalue weighted by atomic mass is 10.2. The van der Waals surface area contributed by atoms with Crippen molar-refractivity contribution in [3.8, 4) is 0 Å². The average molecular weight is 372 g/mol. The Labute approximate surface area is 128 Å². The van der Waals surface area contributed by atoms with Crippen LogP contribution < -0.4 is 24.0 Å². The van der Waals surface area contributed by atoms with Crippen LogP contribution in [-0.4, -0.2) is 24.6 Å². The number of halogens is 1. The highest BCUT2D eigenvalue weighted by Crippen LogP contribution is 2.60. The Morgan fingerprint density at radius 3 is 1.35 bits per heavy atom. The Morgan fingerprint density at radius 2 is 1.00 bits per heavy atom. The Bertz CT molecular complexity index is 131. The van der Waals surface area contributed by atoms with Crippen molar-refractivity contribution < 1.29 is 24.0 Å². The van der Waals surface area contributed by atoms with E-state index in [0.717, 1.165) is 0 Å². The molecule has 0 aromatic carbocycles. The van der Waals surface area contributed by atoms with Gasteiger partial charge < -0.3 is 24.0 Å². The van der Waals surface area contributed by atoms with Crippen LogP contribution in [-0.2, 0) is 0 Å². The van der Waals surface area contributed by atoms with Gasteiger partial charge in [0.1, 0.15) is 0 Å². The van der Waals surface area contributed by atoms with Crippen LogP contribution >= 0.6 is 7.26 Å². The van der Waals surface area contributed by atoms with Gasteiger partial charge in [-0.25, -0.2) is 0 Å². The second-order valence-corrected chi connectivity index (χ2v) is 9.77. The molecule has 0 aromatic heterocycles. The maximum atomic E-state index is 2.38. The zero-order valence-corrected chi connectivity index (χ0v) is 15.7. The van der Waals surface area contributed by atoms with Gasteiger partial charge in [0.05, 0.1) is 24.6 Å². The molecule has 0 heterocycles. The van der Waals surface area contributed by atoms with E-state index >= 15 is 0 Å². The molecule has 0 fully saturated rings. The lowest BCUT2D eigenvalue weighted by Gasteiger charge is -2.27. The molecule has 0 N–H and O–H groups in total. The predicted molar refractivity (Wildman–Crippen MR) is 81.4 cm³/mol. The fourth-order valence-corrected chi connectivity index (χ4v) is 8.05. The quantitative estimate of drug-likeness (QED) is 0.297. The van der Waals surface area contributed by atoms with E-state index in [0.29, 0.717) is 0 Å². The molecule has 0 bridgehead atoms. The zero-order valence-electron chi connectivity index (χ0n) is 12.6. The predicted octanol–water partition coefficient (Wildman–Crippen LogP) is 2.82. The molecule has 17 heavy (non-hydrogen) atoms. The first-order valence-corrected chi connectivity index (χ1v) is 10.1. The molecule has 0 saturated heterocycles. The highest BCUT2D eigenvalue weighted by atomic mass is 127. The number of hydrogen-bond acceptors (Lipinski definition) is 0. The van der Waals surface area contributed by atoms with Crippen molar-refractivity contribution in [2.75, 3.05) is 24.6 Å². The minimum atomic E-state index is -0.536. The molecule has 0 unspecified atom stereocenters. The van der Waals surface area contributed by atoms with E-state index in [4.69, 9.17) is 0 Å². The molecule has 0 amide bonds. The maximum absolute atomic E-state index is 2.38. The summed E-state index contributed by atoms with van der Waals surface area (Å²) in [4.78, 5) is 0. The normalized spacial score (nSPS) is 11.3. The van der Waals surface area contributed by atoms with Gasteiger partial charge >= 0.3 is 0 Å². The molecule has 0 rings (SSSR count). The van der Waals surface area contributed by atoms with Crippen LogP contribution in [0, 0.1) is 0 Å². The largest absolute Gasteiger partial charge is 1.00 e. The average Bonchev–Trinajstić information content (AvgIpc) is 2.26. The number of unbranched alkanes of at least 4 members (excludes halogenated alkanes) is 3. The van der Waals surface area contributed by atoms with E-state index in [2.05, 4.69) is 27.7 Å². The molecule has 0 atom stereocenters. The van der Waals surface area contributed by atoms with Crippen molar-refractivity contribution >= 4 is 7.26 Å². The third kappa shape index (κ3) is 9.70. The van der Waals surface area contributed by atoms with E-state index in [1.807, 2.05) is 0 Å². The van der Waals surface area contributed by atoms with E-state index in [1.54, 1.807) is 24.6 Å². The number of rotatable bonds is 11. The molecular formula is C15H34IP. The molecule has 0 spiro atoms. The SMILES string of the molecule is CCCCCC[P+](CCC)(CCC)CCC.[I-]. The molecule has 0 radical (unpaired) electrons. The van der Waals surface area contributed by atoms with Crippen molar-refractivity contribution in [3.05, 3.63) is 0 Å². The van der Waals surface area contributed by atoms with Crippen LogP contribution in [0.2, 0.25) is 0 Å². The third-order valence-electron chi connectivity index (χ3n) is 3.58. The van der Waals surface area contributed by atoms with Gasteiger partial charge in [0, 0.05) is 7.26 Å². The van der Waals surface area contributed by atoms with Gasteiger partial charge in [-0.15, -0.1) is 0 Å². The molecule has 0 aliphatic carbocycles. The summed E-state index contributed by atoms with van der Waals surface area (Å²) in [6.45, 7) is 9.46. The van der Waals surface area contributed by atoms with Crippen molar-refractivity contribution in [3.63, 3.8) is 0 Å². The lowest BCUT2D eigenvalue weighted by Crippen LogP contribution is -3.00. The van der Waals surface area contributed by atoms with Gasteiger partial charge in [0.15, 0.2) is 0 Å². The van der Waals surface area contributed by atoms with Crippen LogP contribution in [0.1, 0.15) is 72.6 Å². The van der Waals surface area contributed by atoms with Crippen LogP contribution in [0.4, 0.5) is 0 Å². The molecule has 0 aliphatic heterocycles. The first-order chi connectivity index (χ1) is 7.74. The third-order valence-corrected chi connectivity index (χ3v) is 9.03. The monoisotopic (exact) mass is 372 g/mol. The summed E-state index contributed by atoms with van der Waals surface area (Å²) in [6.07, 6.45) is 16.4. The molecule has 0 saturated carbocycles. The van der Waals surface area contributed by atoms with E-state index < -0.39 is 7.26 Å². The van der Waals surface area contributed by atoms with E-state index in [9.17, 15) is 0 Å². The van der Waals surface area contributed by atoms with Gasteiger partial charge in [0.2, 0.25) is 0 Å². The van der Waals surface area contributed by atoms with Gasteiger partial charge in [0.25, 0.3) is 0 Å². The molecule has 0 aliphatic rings. The summed E-state index contributed by atoms with van der Waals surface area (Å²) in [7, 11) is -0.536. The van der Waals surface area contributed by atoms with Crippen molar-refractivity contribution in [2.45, 2.75) is 72.6 Å². The van der Waals surface area contributed by atoms with Crippen molar-refractivity contribution in [1.82, 2.24) is 0 Å². The lowest BCUT2D eigenvalue weighted by molar-refractivity contribution is -0.00000384. The highest BCUT2D eigenvalue weighted by molar-refractivity contribution is 7.75. The Hall–Kier alpha value is 1.16. The van der Waals surface area contributed by atoms with Gasteiger partial charge in [-0.1, -0.05) is 40.5 Å². The summed E-state index contributed by atoms with van der Waals surface area (Å²) in [6, 6.07) is 0. The van der Waals surface area contributed by atoms with E-state index in [-0.39, 0.29) is 24.0 Å². The van der Waals surface area contributed by atoms with Crippen LogP contribution in [0.3, 0.4) is 0 Å². The maximum Gasteiger partial charge on any atom is 0.0594 e. The summed E-state index contributed by atoms with van der Waals surface area (Å²) >= 11 is 0. The molecule has 2 heteroatoms. The molecule has 106 valence electrons. The minimum absolute atomic E-state index is 0. The molecular weight excluding hydrogens is 338 g/mol. The van der Waals surface area contributed by atoms with Gasteiger partial charge in [-0.2, -0.15) is 0 Å². The fourth-order valence-electron chi connectivity index (χ4n) is 2.97. The summed E-state index contributed by atoms with van der Waals surface area (Å²) in [5, 5.41) is 0. The first kappa shape index (κ1) is 20.5. The highest BCUT2D eigenvalue weighted by Gasteiger charge is 2.33. The smallest absolute Gasteiger partial charge is 0.0594 e. The Kier molecular flexibility index (Phi) is 16.4. The first-order valence-electron chi connectivity index (χ1n) is 7.59. The fraction of sp³-hybridized carbons (Fsp3) is 1.00. The van der Waals surface area contributed by atoms with Crippen LogP contribution in [0.25, 0.3) is 0 Å². The zero-order chi connectivity index (χ0) is 12.3. The summed E-state index contributed by atoms with van der Waals surface area (Å²) in [5.41, 5.74) is 0. The Morgan fingerprint density at radius 1 is 0.529 bits per heavy atom. The molecule has 0 nitrogen and oxygen atoms in total. The van der Waals surface area contributed by atoms with Crippen molar-refractivity contribution in [2.24, 2.45) is 0 Å². The summed E-state index contributed by atoms with van der Waals surface area (Å²) in [5.74, 6) is 0. The number of hydrogen-bond donors (Lipinski definition) is 0. The molecule has 0 aromatic rings. The van der Waals surface area contributed by atoms with Gasteiger partial charge in [-0.3, -0.25) is 0 Å². The standard InChI is InChI=1S/C15H34P.HI/c1-5-9-10-11-15-16(12-6-2,13-7-3)14-8-4;/h5-15H2,1-4H3;1H/q+1;/p-1. The second-order valence-electron chi connectivity index (χ2n) is 5.30. The second kappa shape index (κ2) is 13.6. The Balaban J connectivity index is 0. The minimum Gasteiger partial charge on any atom is -1.00 e. The van der Waals surface area contributed by atoms with E-state index in [1.165, 1.54) is 44.9 Å². The van der Waals surface area contributed by atoms with Gasteiger partial charge in [-0.05, 0) is 32.1 Å². The summed E-state index contributed by atoms with van der Waals surface area (Å²) < 4.78 is 0. The van der Waals surface area contributed by atoms with Crippen LogP contribution in [0.15, 0.2) is 0 Å². The van der Waals surface area contributed by atoms with Crippen LogP contribution in [0.5, 0.6) is 0 Å². The topological polar surface area (TPSA) is 0 Å².